The summed E-state index contributed by atoms with van der Waals surface area (Å²) in [5.74, 6) is -0.414. The molecule has 0 radical (unpaired) electrons. The molecule has 0 aromatic heterocycles. The van der Waals surface area contributed by atoms with Gasteiger partial charge in [-0.25, -0.2) is 0 Å². The lowest BCUT2D eigenvalue weighted by molar-refractivity contribution is -0.122. The molecule has 2 aliphatic rings. The second-order valence-corrected chi connectivity index (χ2v) is 6.17. The predicted molar refractivity (Wildman–Crippen MR) is 69.9 cm³/mol. The van der Waals surface area contributed by atoms with Crippen LogP contribution in [0.4, 0.5) is 0 Å². The average molecular weight is 255 g/mol. The lowest BCUT2D eigenvalue weighted by atomic mass is 9.80. The van der Waals surface area contributed by atoms with Gasteiger partial charge in [-0.2, -0.15) is 0 Å². The molecule has 4 N–H and O–H groups in total. The van der Waals surface area contributed by atoms with Crippen molar-refractivity contribution in [1.82, 2.24) is 4.90 Å². The number of hydrogen-bond acceptors (Lipinski definition) is 4. The molecule has 2 rings (SSSR count). The largest absolute Gasteiger partial charge is 0.381 e. The number of hydrogen-bond donors (Lipinski definition) is 2. The smallest absolute Gasteiger partial charge is 0.237 e. The number of nitrogens with two attached hydrogens (primary N) is 2. The van der Waals surface area contributed by atoms with Crippen molar-refractivity contribution in [3.05, 3.63) is 0 Å². The molecule has 0 aliphatic carbocycles. The van der Waals surface area contributed by atoms with E-state index in [9.17, 15) is 4.79 Å². The van der Waals surface area contributed by atoms with Crippen molar-refractivity contribution in [1.29, 1.82) is 0 Å². The van der Waals surface area contributed by atoms with E-state index in [2.05, 4.69) is 4.90 Å². The minimum atomic E-state index is -0.884. The predicted octanol–water partition coefficient (Wildman–Crippen LogP) is 0.0817. The molecule has 1 spiro atoms. The SMILES string of the molecule is CC(N)(CCN1CCC2(CCOCC2)C1)C(N)=O. The van der Waals surface area contributed by atoms with E-state index >= 15 is 0 Å². The van der Waals surface area contributed by atoms with E-state index in [0.29, 0.717) is 11.8 Å². The number of amides is 1. The summed E-state index contributed by atoms with van der Waals surface area (Å²) in [6.45, 7) is 6.58. The van der Waals surface area contributed by atoms with Crippen LogP contribution in [-0.4, -0.2) is 49.2 Å². The second-order valence-electron chi connectivity index (χ2n) is 6.17. The monoisotopic (exact) mass is 255 g/mol. The molecule has 2 fully saturated rings. The summed E-state index contributed by atoms with van der Waals surface area (Å²) in [7, 11) is 0. The highest BCUT2D eigenvalue weighted by Gasteiger charge is 2.39. The third-order valence-electron chi connectivity index (χ3n) is 4.58. The number of rotatable bonds is 4. The lowest BCUT2D eigenvalue weighted by Gasteiger charge is -2.33. The van der Waals surface area contributed by atoms with E-state index in [1.54, 1.807) is 6.92 Å². The van der Waals surface area contributed by atoms with Gasteiger partial charge in [-0.05, 0) is 44.6 Å². The van der Waals surface area contributed by atoms with Gasteiger partial charge in [0.2, 0.25) is 5.91 Å². The zero-order chi connectivity index (χ0) is 13.2. The van der Waals surface area contributed by atoms with E-state index in [1.807, 2.05) is 0 Å². The molecule has 104 valence electrons. The highest BCUT2D eigenvalue weighted by Crippen LogP contribution is 2.39. The third kappa shape index (κ3) is 3.02. The molecule has 0 saturated carbocycles. The fourth-order valence-corrected chi connectivity index (χ4v) is 2.94. The maximum absolute atomic E-state index is 11.2. The van der Waals surface area contributed by atoms with Gasteiger partial charge in [0.15, 0.2) is 0 Å². The molecule has 1 unspecified atom stereocenters. The van der Waals surface area contributed by atoms with E-state index in [-0.39, 0.29) is 0 Å². The summed E-state index contributed by atoms with van der Waals surface area (Å²) in [5.41, 5.74) is 10.7. The Hall–Kier alpha value is -0.650. The Kier molecular flexibility index (Phi) is 3.94. The average Bonchev–Trinajstić information content (AvgIpc) is 2.71. The Morgan fingerprint density at radius 2 is 2.06 bits per heavy atom. The summed E-state index contributed by atoms with van der Waals surface area (Å²) in [6, 6.07) is 0. The Bertz CT molecular complexity index is 311. The quantitative estimate of drug-likeness (QED) is 0.745. The first-order valence-electron chi connectivity index (χ1n) is 6.83. The molecule has 0 bridgehead atoms. The maximum atomic E-state index is 11.2. The standard InChI is InChI=1S/C13H25N3O2/c1-12(15,11(14)17)2-6-16-7-3-13(10-16)4-8-18-9-5-13/h2-10,15H2,1H3,(H2,14,17). The van der Waals surface area contributed by atoms with Gasteiger partial charge in [0.1, 0.15) is 0 Å². The summed E-state index contributed by atoms with van der Waals surface area (Å²) in [6.07, 6.45) is 4.21. The molecule has 0 aromatic carbocycles. The van der Waals surface area contributed by atoms with Gasteiger partial charge in [0.25, 0.3) is 0 Å². The Balaban J connectivity index is 1.81. The van der Waals surface area contributed by atoms with Crippen LogP contribution in [-0.2, 0) is 9.53 Å². The van der Waals surface area contributed by atoms with E-state index < -0.39 is 11.4 Å². The molecule has 2 saturated heterocycles. The van der Waals surface area contributed by atoms with Crippen molar-refractivity contribution in [3.8, 4) is 0 Å². The van der Waals surface area contributed by atoms with Crippen molar-refractivity contribution < 1.29 is 9.53 Å². The first-order valence-corrected chi connectivity index (χ1v) is 6.83. The van der Waals surface area contributed by atoms with Crippen LogP contribution in [0.2, 0.25) is 0 Å². The summed E-state index contributed by atoms with van der Waals surface area (Å²) in [5, 5.41) is 0. The first kappa shape index (κ1) is 13.8. The lowest BCUT2D eigenvalue weighted by Crippen LogP contribution is -2.51. The summed E-state index contributed by atoms with van der Waals surface area (Å²) >= 11 is 0. The highest BCUT2D eigenvalue weighted by atomic mass is 16.5. The van der Waals surface area contributed by atoms with Gasteiger partial charge in [-0.1, -0.05) is 0 Å². The van der Waals surface area contributed by atoms with Crippen LogP contribution in [0.25, 0.3) is 0 Å². The van der Waals surface area contributed by atoms with Crippen LogP contribution >= 0.6 is 0 Å². The van der Waals surface area contributed by atoms with Gasteiger partial charge in [-0.3, -0.25) is 4.79 Å². The first-order chi connectivity index (χ1) is 8.44. The van der Waals surface area contributed by atoms with Crippen molar-refractivity contribution in [3.63, 3.8) is 0 Å². The Labute approximate surface area is 109 Å². The Morgan fingerprint density at radius 3 is 2.67 bits per heavy atom. The van der Waals surface area contributed by atoms with Crippen molar-refractivity contribution in [2.75, 3.05) is 32.8 Å². The minimum Gasteiger partial charge on any atom is -0.381 e. The highest BCUT2D eigenvalue weighted by molar-refractivity contribution is 5.83. The normalized spacial score (nSPS) is 27.2. The zero-order valence-electron chi connectivity index (χ0n) is 11.3. The van der Waals surface area contributed by atoms with Crippen LogP contribution < -0.4 is 11.5 Å². The van der Waals surface area contributed by atoms with Gasteiger partial charge in [-0.15, -0.1) is 0 Å². The van der Waals surface area contributed by atoms with Gasteiger partial charge < -0.3 is 21.1 Å². The molecule has 2 heterocycles. The van der Waals surface area contributed by atoms with Gasteiger partial charge in [0.05, 0.1) is 5.54 Å². The van der Waals surface area contributed by atoms with Crippen molar-refractivity contribution in [2.45, 2.75) is 38.1 Å². The minimum absolute atomic E-state index is 0.414. The fourth-order valence-electron chi connectivity index (χ4n) is 2.94. The molecule has 2 aliphatic heterocycles. The number of likely N-dealkylation sites (tertiary alicyclic amines) is 1. The number of nitrogens with zero attached hydrogens (tertiary/aromatic N) is 1. The number of carbonyl (C=O) groups is 1. The maximum Gasteiger partial charge on any atom is 0.237 e. The Morgan fingerprint density at radius 1 is 1.39 bits per heavy atom. The number of primary amides is 1. The third-order valence-corrected chi connectivity index (χ3v) is 4.58. The van der Waals surface area contributed by atoms with E-state index in [0.717, 1.165) is 32.8 Å². The molecule has 1 amide bonds. The van der Waals surface area contributed by atoms with Crippen LogP contribution in [0.5, 0.6) is 0 Å². The molecule has 0 aromatic rings. The second kappa shape index (κ2) is 5.15. The topological polar surface area (TPSA) is 81.6 Å². The molecular formula is C13H25N3O2. The number of carbonyl (C=O) groups excluding carboxylic acids is 1. The molecule has 1 atom stereocenters. The zero-order valence-corrected chi connectivity index (χ0v) is 11.3. The van der Waals surface area contributed by atoms with Gasteiger partial charge >= 0.3 is 0 Å². The summed E-state index contributed by atoms with van der Waals surface area (Å²) in [4.78, 5) is 13.6. The molecule has 5 heteroatoms. The number of ether oxygens (including phenoxy) is 1. The van der Waals surface area contributed by atoms with Crippen LogP contribution in [0.3, 0.4) is 0 Å². The van der Waals surface area contributed by atoms with E-state index in [1.165, 1.54) is 19.3 Å². The van der Waals surface area contributed by atoms with Crippen molar-refractivity contribution in [2.24, 2.45) is 16.9 Å². The van der Waals surface area contributed by atoms with Crippen LogP contribution in [0, 0.1) is 5.41 Å². The van der Waals surface area contributed by atoms with Gasteiger partial charge in [0, 0.05) is 26.3 Å². The summed E-state index contributed by atoms with van der Waals surface area (Å²) < 4.78 is 5.44. The fraction of sp³-hybridized carbons (Fsp3) is 0.923. The molecule has 5 nitrogen and oxygen atoms in total. The van der Waals surface area contributed by atoms with Crippen LogP contribution in [0.1, 0.15) is 32.6 Å². The van der Waals surface area contributed by atoms with E-state index in [4.69, 9.17) is 16.2 Å². The van der Waals surface area contributed by atoms with Crippen molar-refractivity contribution >= 4 is 5.91 Å². The molecule has 18 heavy (non-hydrogen) atoms. The molecular weight excluding hydrogens is 230 g/mol. The van der Waals surface area contributed by atoms with Crippen LogP contribution in [0.15, 0.2) is 0 Å².